The summed E-state index contributed by atoms with van der Waals surface area (Å²) in [5, 5.41) is 4.54. The highest BCUT2D eigenvalue weighted by molar-refractivity contribution is 5.83. The molecule has 1 saturated carbocycles. The first-order valence-corrected chi connectivity index (χ1v) is 5.65. The molecule has 0 radical (unpaired) electrons. The lowest BCUT2D eigenvalue weighted by atomic mass is 10.2. The molecule has 0 unspecified atom stereocenters. The third kappa shape index (κ3) is 1.78. The van der Waals surface area contributed by atoms with E-state index in [1.165, 1.54) is 12.8 Å². The van der Waals surface area contributed by atoms with Crippen LogP contribution in [0, 0.1) is 0 Å². The van der Waals surface area contributed by atoms with Gasteiger partial charge >= 0.3 is 0 Å². The van der Waals surface area contributed by atoms with Crippen molar-refractivity contribution in [2.24, 2.45) is 0 Å². The fraction of sp³-hybridized carbons (Fsp3) is 0.385. The number of hydrogen-bond acceptors (Lipinski definition) is 3. The maximum absolute atomic E-state index is 5.78. The molecule has 1 aromatic carbocycles. The van der Waals surface area contributed by atoms with Gasteiger partial charge in [0.25, 0.3) is 0 Å². The number of methoxy groups -OCH3 is 1. The normalized spacial score (nSPS) is 15.6. The first kappa shape index (κ1) is 9.73. The molecule has 0 spiro atoms. The van der Waals surface area contributed by atoms with Gasteiger partial charge in [-0.05, 0) is 25.0 Å². The standard InChI is InChI=1S/C13H15NO2/c1-15-12-4-2-3-9-7-11(16-13(9)12)8-14-10-5-6-10/h2-4,7,10,14H,5-6,8H2,1H3. The molecule has 1 fully saturated rings. The van der Waals surface area contributed by atoms with Crippen molar-refractivity contribution in [2.75, 3.05) is 7.11 Å². The van der Waals surface area contributed by atoms with Crippen molar-refractivity contribution in [3.8, 4) is 5.75 Å². The van der Waals surface area contributed by atoms with Crippen LogP contribution in [0.25, 0.3) is 11.0 Å². The molecular weight excluding hydrogens is 202 g/mol. The van der Waals surface area contributed by atoms with Crippen LogP contribution in [0.4, 0.5) is 0 Å². The highest BCUT2D eigenvalue weighted by Crippen LogP contribution is 2.28. The SMILES string of the molecule is COc1cccc2cc(CNC3CC3)oc12. The summed E-state index contributed by atoms with van der Waals surface area (Å²) in [5.41, 5.74) is 0.845. The van der Waals surface area contributed by atoms with Crippen LogP contribution in [0.2, 0.25) is 0 Å². The predicted molar refractivity (Wildman–Crippen MR) is 62.6 cm³/mol. The van der Waals surface area contributed by atoms with E-state index >= 15 is 0 Å². The topological polar surface area (TPSA) is 34.4 Å². The molecule has 0 bridgehead atoms. The van der Waals surface area contributed by atoms with Gasteiger partial charge < -0.3 is 14.5 Å². The Hall–Kier alpha value is -1.48. The minimum absolute atomic E-state index is 0.704. The second-order valence-electron chi connectivity index (χ2n) is 4.25. The van der Waals surface area contributed by atoms with E-state index in [-0.39, 0.29) is 0 Å². The zero-order valence-corrected chi connectivity index (χ0v) is 9.32. The maximum atomic E-state index is 5.78. The van der Waals surface area contributed by atoms with E-state index in [0.29, 0.717) is 6.04 Å². The van der Waals surface area contributed by atoms with Crippen LogP contribution in [0.15, 0.2) is 28.7 Å². The fourth-order valence-electron chi connectivity index (χ4n) is 1.87. The van der Waals surface area contributed by atoms with Crippen LogP contribution in [0.5, 0.6) is 5.75 Å². The Morgan fingerprint density at radius 2 is 2.31 bits per heavy atom. The summed E-state index contributed by atoms with van der Waals surface area (Å²) in [5.74, 6) is 1.78. The summed E-state index contributed by atoms with van der Waals surface area (Å²) >= 11 is 0. The third-order valence-electron chi connectivity index (χ3n) is 2.92. The molecule has 0 saturated heterocycles. The molecule has 3 rings (SSSR count). The van der Waals surface area contributed by atoms with Gasteiger partial charge in [-0.25, -0.2) is 0 Å². The van der Waals surface area contributed by atoms with Gasteiger partial charge in [0, 0.05) is 11.4 Å². The Bertz CT molecular complexity index is 500. The molecule has 0 amide bonds. The zero-order chi connectivity index (χ0) is 11.0. The number of benzene rings is 1. The van der Waals surface area contributed by atoms with Gasteiger partial charge in [-0.3, -0.25) is 0 Å². The summed E-state index contributed by atoms with van der Waals surface area (Å²) in [6, 6.07) is 8.73. The highest BCUT2D eigenvalue weighted by atomic mass is 16.5. The highest BCUT2D eigenvalue weighted by Gasteiger charge is 2.20. The minimum atomic E-state index is 0.704. The summed E-state index contributed by atoms with van der Waals surface area (Å²) in [4.78, 5) is 0. The van der Waals surface area contributed by atoms with Gasteiger partial charge in [-0.2, -0.15) is 0 Å². The first-order chi connectivity index (χ1) is 7.86. The zero-order valence-electron chi connectivity index (χ0n) is 9.32. The molecular formula is C13H15NO2. The summed E-state index contributed by atoms with van der Waals surface area (Å²) in [6.45, 7) is 0.808. The second-order valence-corrected chi connectivity index (χ2v) is 4.25. The molecule has 3 heteroatoms. The number of rotatable bonds is 4. The summed E-state index contributed by atoms with van der Waals surface area (Å²) in [6.07, 6.45) is 2.59. The van der Waals surface area contributed by atoms with E-state index < -0.39 is 0 Å². The van der Waals surface area contributed by atoms with Gasteiger partial charge in [0.15, 0.2) is 11.3 Å². The van der Waals surface area contributed by atoms with Crippen LogP contribution >= 0.6 is 0 Å². The Morgan fingerprint density at radius 1 is 1.44 bits per heavy atom. The Morgan fingerprint density at radius 3 is 3.06 bits per heavy atom. The lowest BCUT2D eigenvalue weighted by molar-refractivity contribution is 0.406. The molecule has 1 aliphatic carbocycles. The van der Waals surface area contributed by atoms with E-state index in [1.54, 1.807) is 7.11 Å². The van der Waals surface area contributed by atoms with Crippen molar-refractivity contribution < 1.29 is 9.15 Å². The molecule has 2 aromatic rings. The van der Waals surface area contributed by atoms with Crippen LogP contribution in [0.1, 0.15) is 18.6 Å². The number of para-hydroxylation sites is 1. The van der Waals surface area contributed by atoms with Crippen molar-refractivity contribution in [3.63, 3.8) is 0 Å². The van der Waals surface area contributed by atoms with E-state index in [9.17, 15) is 0 Å². The largest absolute Gasteiger partial charge is 0.493 e. The monoisotopic (exact) mass is 217 g/mol. The van der Waals surface area contributed by atoms with Crippen LogP contribution in [0.3, 0.4) is 0 Å². The molecule has 1 N–H and O–H groups in total. The van der Waals surface area contributed by atoms with Gasteiger partial charge in [0.1, 0.15) is 5.76 Å². The number of furan rings is 1. The Kier molecular flexibility index (Phi) is 2.33. The van der Waals surface area contributed by atoms with Gasteiger partial charge in [-0.1, -0.05) is 12.1 Å². The Balaban J connectivity index is 1.88. The van der Waals surface area contributed by atoms with Crippen LogP contribution in [-0.2, 0) is 6.54 Å². The predicted octanol–water partition coefficient (Wildman–Crippen LogP) is 2.69. The average Bonchev–Trinajstić information content (AvgIpc) is 3.04. The average molecular weight is 217 g/mol. The van der Waals surface area contributed by atoms with Gasteiger partial charge in [-0.15, -0.1) is 0 Å². The van der Waals surface area contributed by atoms with Crippen molar-refractivity contribution in [1.29, 1.82) is 0 Å². The quantitative estimate of drug-likeness (QED) is 0.855. The molecule has 84 valence electrons. The molecule has 1 aliphatic rings. The first-order valence-electron chi connectivity index (χ1n) is 5.65. The number of ether oxygens (including phenoxy) is 1. The molecule has 16 heavy (non-hydrogen) atoms. The van der Waals surface area contributed by atoms with Crippen molar-refractivity contribution in [1.82, 2.24) is 5.32 Å². The van der Waals surface area contributed by atoms with Crippen LogP contribution < -0.4 is 10.1 Å². The molecule has 0 atom stereocenters. The fourth-order valence-corrected chi connectivity index (χ4v) is 1.87. The van der Waals surface area contributed by atoms with E-state index in [2.05, 4.69) is 11.4 Å². The van der Waals surface area contributed by atoms with Crippen molar-refractivity contribution in [2.45, 2.75) is 25.4 Å². The minimum Gasteiger partial charge on any atom is -0.493 e. The van der Waals surface area contributed by atoms with E-state index in [4.69, 9.17) is 9.15 Å². The second kappa shape index (κ2) is 3.83. The maximum Gasteiger partial charge on any atom is 0.176 e. The summed E-state index contributed by atoms with van der Waals surface area (Å²) < 4.78 is 11.0. The molecule has 3 nitrogen and oxygen atoms in total. The van der Waals surface area contributed by atoms with E-state index in [0.717, 1.165) is 29.0 Å². The summed E-state index contributed by atoms with van der Waals surface area (Å²) in [7, 11) is 1.67. The lowest BCUT2D eigenvalue weighted by Gasteiger charge is -1.99. The van der Waals surface area contributed by atoms with Crippen molar-refractivity contribution >= 4 is 11.0 Å². The Labute approximate surface area is 94.4 Å². The van der Waals surface area contributed by atoms with Gasteiger partial charge in [0.2, 0.25) is 0 Å². The third-order valence-corrected chi connectivity index (χ3v) is 2.92. The number of fused-ring (bicyclic) bond motifs is 1. The number of hydrogen-bond donors (Lipinski definition) is 1. The van der Waals surface area contributed by atoms with Crippen LogP contribution in [-0.4, -0.2) is 13.2 Å². The molecule has 0 aliphatic heterocycles. The van der Waals surface area contributed by atoms with Gasteiger partial charge in [0.05, 0.1) is 13.7 Å². The van der Waals surface area contributed by atoms with E-state index in [1.807, 2.05) is 18.2 Å². The molecule has 1 aromatic heterocycles. The lowest BCUT2D eigenvalue weighted by Crippen LogP contribution is -2.14. The smallest absolute Gasteiger partial charge is 0.176 e. The molecule has 1 heterocycles. The van der Waals surface area contributed by atoms with Crippen molar-refractivity contribution in [3.05, 3.63) is 30.0 Å². The number of nitrogens with one attached hydrogen (secondary N) is 1.